The maximum Gasteiger partial charge on any atom is 0.319 e. The van der Waals surface area contributed by atoms with Crippen molar-refractivity contribution in [1.82, 2.24) is 15.3 Å². The summed E-state index contributed by atoms with van der Waals surface area (Å²) >= 11 is 10.5. The summed E-state index contributed by atoms with van der Waals surface area (Å²) in [5.41, 5.74) is 2.32. The van der Waals surface area contributed by atoms with Crippen LogP contribution in [0.25, 0.3) is 11.3 Å². The van der Waals surface area contributed by atoms with Crippen LogP contribution in [0.4, 0.5) is 10.5 Å². The Morgan fingerprint density at radius 1 is 1.10 bits per heavy atom. The summed E-state index contributed by atoms with van der Waals surface area (Å²) in [5, 5.41) is 6.03. The maximum atomic E-state index is 12.3. The van der Waals surface area contributed by atoms with Crippen molar-refractivity contribution in [3.05, 3.63) is 70.6 Å². The van der Waals surface area contributed by atoms with Crippen molar-refractivity contribution in [3.63, 3.8) is 0 Å². The lowest BCUT2D eigenvalue weighted by atomic mass is 10.0. The second-order valence-electron chi connectivity index (χ2n) is 6.00. The number of anilines is 1. The molecule has 0 spiro atoms. The highest BCUT2D eigenvalue weighted by atomic mass is 35.5. The number of urea groups is 1. The third-order valence-electron chi connectivity index (χ3n) is 4.07. The Labute approximate surface area is 179 Å². The van der Waals surface area contributed by atoms with Crippen LogP contribution in [0.15, 0.2) is 59.9 Å². The first-order chi connectivity index (χ1) is 13.9. The van der Waals surface area contributed by atoms with E-state index in [1.807, 2.05) is 0 Å². The van der Waals surface area contributed by atoms with Gasteiger partial charge >= 0.3 is 6.03 Å². The van der Waals surface area contributed by atoms with Crippen LogP contribution in [-0.4, -0.2) is 24.8 Å². The van der Waals surface area contributed by atoms with Gasteiger partial charge in [0, 0.05) is 28.5 Å². The number of amides is 2. The molecule has 1 unspecified atom stereocenters. The number of hydrogen-bond donors (Lipinski definition) is 2. The molecule has 0 aliphatic heterocycles. The number of carbonyl (C=O) groups excluding carboxylic acids is 1. The molecule has 2 aromatic carbocycles. The van der Waals surface area contributed by atoms with E-state index >= 15 is 0 Å². The van der Waals surface area contributed by atoms with Crippen molar-refractivity contribution >= 4 is 46.0 Å². The number of aromatic nitrogens is 2. The molecule has 3 rings (SSSR count). The van der Waals surface area contributed by atoms with Gasteiger partial charge in [0.2, 0.25) is 0 Å². The van der Waals surface area contributed by atoms with Crippen LogP contribution in [0.5, 0.6) is 0 Å². The smallest absolute Gasteiger partial charge is 0.319 e. The number of hydrogen-bond acceptors (Lipinski definition) is 5. The van der Waals surface area contributed by atoms with Gasteiger partial charge in [-0.05, 0) is 47.8 Å². The molecule has 0 saturated heterocycles. The summed E-state index contributed by atoms with van der Waals surface area (Å²) in [4.78, 5) is 20.6. The second kappa shape index (κ2) is 9.32. The maximum absolute atomic E-state index is 12.3. The summed E-state index contributed by atoms with van der Waals surface area (Å²) in [6, 6.07) is 8.40. The number of halogens is 2. The highest BCUT2D eigenvalue weighted by Gasteiger charge is 2.18. The Morgan fingerprint density at radius 2 is 1.83 bits per heavy atom. The predicted molar refractivity (Wildman–Crippen MR) is 112 cm³/mol. The molecule has 0 aliphatic carbocycles. The van der Waals surface area contributed by atoms with Gasteiger partial charge in [-0.25, -0.2) is 4.79 Å². The third-order valence-corrected chi connectivity index (χ3v) is 5.62. The highest BCUT2D eigenvalue weighted by molar-refractivity contribution is 7.79. The van der Waals surface area contributed by atoms with Crippen LogP contribution >= 0.6 is 23.2 Å². The van der Waals surface area contributed by atoms with Crippen LogP contribution < -0.4 is 10.6 Å². The highest BCUT2D eigenvalue weighted by Crippen LogP contribution is 2.37. The van der Waals surface area contributed by atoms with Gasteiger partial charge in [-0.3, -0.25) is 14.2 Å². The average molecular weight is 450 g/mol. The summed E-state index contributed by atoms with van der Waals surface area (Å²) < 4.78 is 21.8. The van der Waals surface area contributed by atoms with E-state index in [1.165, 1.54) is 24.3 Å². The predicted octanol–water partition coefficient (Wildman–Crippen LogP) is 4.57. The fraction of sp³-hybridized carbons (Fsp3) is 0.105. The van der Waals surface area contributed by atoms with E-state index in [0.717, 1.165) is 0 Å². The quantitative estimate of drug-likeness (QED) is 0.554. The van der Waals surface area contributed by atoms with Crippen LogP contribution in [0, 0.1) is 0 Å². The first-order valence-electron chi connectivity index (χ1n) is 8.38. The molecule has 0 saturated carbocycles. The Balaban J connectivity index is 1.71. The fourth-order valence-electron chi connectivity index (χ4n) is 2.63. The van der Waals surface area contributed by atoms with E-state index in [-0.39, 0.29) is 4.90 Å². The van der Waals surface area contributed by atoms with Gasteiger partial charge < -0.3 is 15.2 Å². The van der Waals surface area contributed by atoms with Gasteiger partial charge in [0.05, 0.1) is 28.0 Å². The molecule has 0 radical (unpaired) electrons. The van der Waals surface area contributed by atoms with E-state index in [0.29, 0.717) is 32.6 Å². The van der Waals surface area contributed by atoms with E-state index in [2.05, 4.69) is 20.6 Å². The number of nitrogens with one attached hydrogen (secondary N) is 2. The Bertz CT molecular complexity index is 1050. The van der Waals surface area contributed by atoms with Crippen molar-refractivity contribution in [2.45, 2.75) is 17.9 Å². The van der Waals surface area contributed by atoms with E-state index in [9.17, 15) is 13.6 Å². The van der Waals surface area contributed by atoms with Gasteiger partial charge in [-0.1, -0.05) is 35.3 Å². The van der Waals surface area contributed by atoms with Gasteiger partial charge in [-0.2, -0.15) is 0 Å². The zero-order valence-corrected chi connectivity index (χ0v) is 17.4. The molecule has 7 nitrogen and oxygen atoms in total. The van der Waals surface area contributed by atoms with Crippen molar-refractivity contribution in [3.8, 4) is 11.3 Å². The molecule has 3 aromatic rings. The standard InChI is InChI=1S/C19H16Cl2N4O3S/c1-11(24-19(26)25-12-2-4-13(5-3-12)29(27)28)14-6-7-15(18(21)17(14)20)16-10-22-8-9-23-16/h2-11H,1H3,(H,27,28)(H2,24,25,26)/p-1/t11-/m0/s1. The van der Waals surface area contributed by atoms with Crippen molar-refractivity contribution in [1.29, 1.82) is 0 Å². The van der Waals surface area contributed by atoms with Crippen molar-refractivity contribution < 1.29 is 13.6 Å². The molecule has 0 fully saturated rings. The molecule has 150 valence electrons. The summed E-state index contributed by atoms with van der Waals surface area (Å²) in [7, 11) is 0. The molecule has 10 heteroatoms. The Morgan fingerprint density at radius 3 is 2.45 bits per heavy atom. The molecule has 0 aliphatic rings. The lowest BCUT2D eigenvalue weighted by Crippen LogP contribution is -2.31. The third kappa shape index (κ3) is 5.10. The van der Waals surface area contributed by atoms with Crippen LogP contribution in [-0.2, 0) is 11.1 Å². The zero-order chi connectivity index (χ0) is 21.0. The lowest BCUT2D eigenvalue weighted by Gasteiger charge is -2.18. The molecule has 2 amide bonds. The van der Waals surface area contributed by atoms with Gasteiger partial charge in [-0.15, -0.1) is 0 Å². The first-order valence-corrected chi connectivity index (χ1v) is 10.2. The number of rotatable bonds is 5. The normalized spacial score (nSPS) is 12.8. The Hall–Kier alpha value is -2.52. The largest absolute Gasteiger partial charge is 0.768 e. The first kappa shape index (κ1) is 21.2. The molecule has 0 bridgehead atoms. The number of nitrogens with zero attached hydrogens (tertiary/aromatic N) is 2. The van der Waals surface area contributed by atoms with E-state index in [1.54, 1.807) is 37.6 Å². The van der Waals surface area contributed by atoms with Crippen molar-refractivity contribution in [2.75, 3.05) is 5.32 Å². The number of carbonyl (C=O) groups is 1. The minimum Gasteiger partial charge on any atom is -0.768 e. The molecule has 1 aromatic heterocycles. The lowest BCUT2D eigenvalue weighted by molar-refractivity contribution is 0.249. The van der Waals surface area contributed by atoms with Gasteiger partial charge in [0.15, 0.2) is 0 Å². The van der Waals surface area contributed by atoms with Crippen molar-refractivity contribution in [2.24, 2.45) is 0 Å². The van der Waals surface area contributed by atoms with E-state index in [4.69, 9.17) is 23.2 Å². The SMILES string of the molecule is C[C@H](NC(=O)Nc1ccc(S(=O)[O-])cc1)c1ccc(-c2cnccn2)c(Cl)c1Cl. The molecular weight excluding hydrogens is 435 g/mol. The van der Waals surface area contributed by atoms with E-state index < -0.39 is 23.2 Å². The monoisotopic (exact) mass is 449 g/mol. The summed E-state index contributed by atoms with van der Waals surface area (Å²) in [6.45, 7) is 1.77. The minimum atomic E-state index is -2.32. The fourth-order valence-corrected chi connectivity index (χ4v) is 3.58. The minimum absolute atomic E-state index is 0.133. The molecule has 2 atom stereocenters. The van der Waals surface area contributed by atoms with Crippen LogP contribution in [0.1, 0.15) is 18.5 Å². The van der Waals surface area contributed by atoms with Gasteiger partial charge in [0.1, 0.15) is 0 Å². The number of benzene rings is 2. The molecule has 1 heterocycles. The topological polar surface area (TPSA) is 107 Å². The van der Waals surface area contributed by atoms with Crippen LogP contribution in [0.2, 0.25) is 10.0 Å². The molecule has 2 N–H and O–H groups in total. The van der Waals surface area contributed by atoms with Gasteiger partial charge in [0.25, 0.3) is 0 Å². The second-order valence-corrected chi connectivity index (χ2v) is 7.70. The summed E-state index contributed by atoms with van der Waals surface area (Å²) in [5.74, 6) is 0. The van der Waals surface area contributed by atoms with Crippen LogP contribution in [0.3, 0.4) is 0 Å². The summed E-state index contributed by atoms with van der Waals surface area (Å²) in [6.07, 6.45) is 4.70. The molecule has 29 heavy (non-hydrogen) atoms. The zero-order valence-electron chi connectivity index (χ0n) is 15.1. The average Bonchev–Trinajstić information content (AvgIpc) is 2.70. The Kier molecular flexibility index (Phi) is 6.81. The molecular formula is C19H15Cl2N4O3S-.